The molecular weight excluding hydrogens is 420 g/mol. The lowest BCUT2D eigenvalue weighted by Crippen LogP contribution is -2.42. The zero-order chi connectivity index (χ0) is 21.1. The van der Waals surface area contributed by atoms with Crippen molar-refractivity contribution in [3.63, 3.8) is 0 Å². The van der Waals surface area contributed by atoms with Gasteiger partial charge in [-0.3, -0.25) is 0 Å². The molecule has 0 radical (unpaired) electrons. The first-order chi connectivity index (χ1) is 14.4. The van der Waals surface area contributed by atoms with Gasteiger partial charge in [-0.2, -0.15) is 5.26 Å². The predicted molar refractivity (Wildman–Crippen MR) is 119 cm³/mol. The van der Waals surface area contributed by atoms with E-state index >= 15 is 0 Å². The van der Waals surface area contributed by atoms with Crippen LogP contribution in [0.15, 0.2) is 54.6 Å². The molecule has 0 spiro atoms. The predicted octanol–water partition coefficient (Wildman–Crippen LogP) is 4.17. The molecule has 1 aromatic heterocycles. The molecule has 30 heavy (non-hydrogen) atoms. The maximum atomic E-state index is 12.7. The zero-order valence-corrected chi connectivity index (χ0v) is 17.8. The van der Waals surface area contributed by atoms with E-state index in [1.165, 1.54) is 0 Å². The molecule has 1 N–H and O–H groups in total. The molecule has 0 saturated carbocycles. The Morgan fingerprint density at radius 1 is 1.13 bits per heavy atom. The number of benzene rings is 2. The molecule has 1 aliphatic rings. The van der Waals surface area contributed by atoms with E-state index in [1.807, 2.05) is 30.3 Å². The first-order valence-corrected chi connectivity index (χ1v) is 11.7. The van der Waals surface area contributed by atoms with Gasteiger partial charge in [0.2, 0.25) is 10.0 Å². The van der Waals surface area contributed by atoms with E-state index in [2.05, 4.69) is 16.4 Å². The van der Waals surface area contributed by atoms with Gasteiger partial charge in [0.25, 0.3) is 0 Å². The summed E-state index contributed by atoms with van der Waals surface area (Å²) in [7, 11) is -3.34. The quantitative estimate of drug-likeness (QED) is 0.643. The molecule has 8 heteroatoms. The Morgan fingerprint density at radius 2 is 1.87 bits per heavy atom. The second kappa shape index (κ2) is 8.60. The number of pyridine rings is 1. The molecular formula is C22H21ClN4O2S. The zero-order valence-electron chi connectivity index (χ0n) is 16.3. The third-order valence-corrected chi connectivity index (χ3v) is 7.37. The Hall–Kier alpha value is -2.66. The number of sulfonamides is 1. The van der Waals surface area contributed by atoms with Crippen LogP contribution in [-0.2, 0) is 15.8 Å². The van der Waals surface area contributed by atoms with Crippen LogP contribution >= 0.6 is 11.6 Å². The minimum absolute atomic E-state index is 0.0201. The maximum Gasteiger partial charge on any atom is 0.218 e. The van der Waals surface area contributed by atoms with Crippen LogP contribution in [0.3, 0.4) is 0 Å². The van der Waals surface area contributed by atoms with Gasteiger partial charge in [-0.05, 0) is 42.7 Å². The Kier molecular flexibility index (Phi) is 5.91. The van der Waals surface area contributed by atoms with E-state index in [9.17, 15) is 13.7 Å². The van der Waals surface area contributed by atoms with E-state index in [0.717, 1.165) is 10.9 Å². The van der Waals surface area contributed by atoms with Crippen molar-refractivity contribution in [3.8, 4) is 6.07 Å². The van der Waals surface area contributed by atoms with Crippen LogP contribution in [0.2, 0.25) is 5.02 Å². The molecule has 3 aromatic rings. The second-order valence-electron chi connectivity index (χ2n) is 7.39. The second-order valence-corrected chi connectivity index (χ2v) is 9.79. The van der Waals surface area contributed by atoms with Gasteiger partial charge in [0.15, 0.2) is 0 Å². The average molecular weight is 441 g/mol. The van der Waals surface area contributed by atoms with Crippen LogP contribution in [0.4, 0.5) is 5.82 Å². The summed E-state index contributed by atoms with van der Waals surface area (Å²) >= 11 is 6.04. The number of nitrogens with one attached hydrogen (secondary N) is 1. The van der Waals surface area contributed by atoms with E-state index < -0.39 is 10.0 Å². The number of hydrogen-bond acceptors (Lipinski definition) is 5. The Balaban J connectivity index is 1.43. The lowest BCUT2D eigenvalue weighted by molar-refractivity contribution is 0.329. The molecule has 154 valence electrons. The number of aromatic nitrogens is 1. The number of anilines is 1. The highest BCUT2D eigenvalue weighted by Gasteiger charge is 2.28. The van der Waals surface area contributed by atoms with E-state index in [4.69, 9.17) is 11.6 Å². The minimum atomic E-state index is -3.34. The largest absolute Gasteiger partial charge is 0.367 e. The van der Waals surface area contributed by atoms with Gasteiger partial charge in [0, 0.05) is 29.5 Å². The molecule has 1 aliphatic heterocycles. The van der Waals surface area contributed by atoms with Gasteiger partial charge in [-0.15, -0.1) is 0 Å². The molecule has 1 fully saturated rings. The van der Waals surface area contributed by atoms with Crippen molar-refractivity contribution in [3.05, 3.63) is 70.7 Å². The van der Waals surface area contributed by atoms with Crippen molar-refractivity contribution >= 4 is 38.3 Å². The fourth-order valence-electron chi connectivity index (χ4n) is 3.73. The Labute approximate surface area is 181 Å². The summed E-state index contributed by atoms with van der Waals surface area (Å²) in [5.41, 5.74) is 2.00. The summed E-state index contributed by atoms with van der Waals surface area (Å²) in [6.07, 6.45) is 1.35. The highest BCUT2D eigenvalue weighted by molar-refractivity contribution is 7.88. The molecule has 1 saturated heterocycles. The number of fused-ring (bicyclic) bond motifs is 1. The lowest BCUT2D eigenvalue weighted by atomic mass is 10.1. The highest BCUT2D eigenvalue weighted by atomic mass is 35.5. The third-order valence-electron chi connectivity index (χ3n) is 5.28. The molecule has 6 nitrogen and oxygen atoms in total. The number of piperidine rings is 1. The van der Waals surface area contributed by atoms with Crippen LogP contribution in [0.25, 0.3) is 10.9 Å². The van der Waals surface area contributed by atoms with E-state index in [1.54, 1.807) is 28.6 Å². The average Bonchev–Trinajstić information content (AvgIpc) is 2.74. The highest BCUT2D eigenvalue weighted by Crippen LogP contribution is 2.26. The Bertz CT molecular complexity index is 1200. The normalized spacial score (nSPS) is 15.7. The first kappa shape index (κ1) is 20.6. The number of rotatable bonds is 5. The molecule has 0 unspecified atom stereocenters. The van der Waals surface area contributed by atoms with Crippen molar-refractivity contribution < 1.29 is 8.42 Å². The molecule has 0 bridgehead atoms. The smallest absolute Gasteiger partial charge is 0.218 e. The summed E-state index contributed by atoms with van der Waals surface area (Å²) in [6.45, 7) is 0.919. The van der Waals surface area contributed by atoms with Gasteiger partial charge in [-0.25, -0.2) is 17.7 Å². The fourth-order valence-corrected chi connectivity index (χ4v) is 5.46. The summed E-state index contributed by atoms with van der Waals surface area (Å²) < 4.78 is 27.0. The first-order valence-electron chi connectivity index (χ1n) is 9.73. The van der Waals surface area contributed by atoms with Crippen LogP contribution in [0, 0.1) is 11.3 Å². The van der Waals surface area contributed by atoms with Crippen molar-refractivity contribution in [2.75, 3.05) is 18.4 Å². The van der Waals surface area contributed by atoms with E-state index in [-0.39, 0.29) is 11.8 Å². The molecule has 0 amide bonds. The van der Waals surface area contributed by atoms with Crippen LogP contribution in [0.5, 0.6) is 0 Å². The maximum absolute atomic E-state index is 12.7. The van der Waals surface area contributed by atoms with Gasteiger partial charge in [0.05, 0.1) is 22.9 Å². The molecule has 0 atom stereocenters. The van der Waals surface area contributed by atoms with Gasteiger partial charge in [0.1, 0.15) is 5.82 Å². The minimum Gasteiger partial charge on any atom is -0.367 e. The van der Waals surface area contributed by atoms with Gasteiger partial charge >= 0.3 is 0 Å². The molecule has 2 aromatic carbocycles. The Morgan fingerprint density at radius 3 is 2.57 bits per heavy atom. The summed E-state index contributed by atoms with van der Waals surface area (Å²) in [5, 5.41) is 14.1. The van der Waals surface area contributed by atoms with Gasteiger partial charge in [-0.1, -0.05) is 41.9 Å². The summed E-state index contributed by atoms with van der Waals surface area (Å²) in [5.74, 6) is 0.638. The number of hydrogen-bond donors (Lipinski definition) is 1. The van der Waals surface area contributed by atoms with Crippen molar-refractivity contribution in [2.45, 2.75) is 24.6 Å². The lowest BCUT2D eigenvalue weighted by Gasteiger charge is -2.32. The van der Waals surface area contributed by atoms with Crippen LogP contribution < -0.4 is 5.32 Å². The summed E-state index contributed by atoms with van der Waals surface area (Å²) in [6, 6.07) is 18.5. The monoisotopic (exact) mass is 440 g/mol. The fraction of sp³-hybridized carbons (Fsp3) is 0.273. The van der Waals surface area contributed by atoms with Crippen LogP contribution in [-0.4, -0.2) is 36.8 Å². The van der Waals surface area contributed by atoms with Gasteiger partial charge < -0.3 is 5.32 Å². The number of halogens is 1. The standard InChI is InChI=1S/C22H21ClN4O2S/c23-18-6-7-21-20(13-18)17(14-24)12-22(26-21)25-19-8-10-27(11-9-19)30(28,29)15-16-4-2-1-3-5-16/h1-7,12-13,19H,8-11,15H2,(H,25,26). The van der Waals surface area contributed by atoms with Crippen molar-refractivity contribution in [1.82, 2.24) is 9.29 Å². The van der Waals surface area contributed by atoms with E-state index in [0.29, 0.717) is 47.9 Å². The van der Waals surface area contributed by atoms with Crippen molar-refractivity contribution in [2.24, 2.45) is 0 Å². The number of nitrogens with zero attached hydrogens (tertiary/aromatic N) is 3. The molecule has 0 aliphatic carbocycles. The molecule has 2 heterocycles. The topological polar surface area (TPSA) is 86.1 Å². The third kappa shape index (κ3) is 4.57. The molecule has 4 rings (SSSR count). The number of nitriles is 1. The SMILES string of the molecule is N#Cc1cc(NC2CCN(S(=O)(=O)Cc3ccccc3)CC2)nc2ccc(Cl)cc12. The van der Waals surface area contributed by atoms with Crippen LogP contribution in [0.1, 0.15) is 24.0 Å². The van der Waals surface area contributed by atoms with Crippen molar-refractivity contribution in [1.29, 1.82) is 5.26 Å². The summed E-state index contributed by atoms with van der Waals surface area (Å²) in [4.78, 5) is 4.59.